The Morgan fingerprint density at radius 1 is 0.815 bits per heavy atom. The molecule has 0 bridgehead atoms. The summed E-state index contributed by atoms with van der Waals surface area (Å²) in [5.74, 6) is -3.17. The highest BCUT2D eigenvalue weighted by Crippen LogP contribution is 2.43. The van der Waals surface area contributed by atoms with Crippen molar-refractivity contribution in [3.8, 4) is 17.2 Å². The molecule has 1 aromatic heterocycles. The highest BCUT2D eigenvalue weighted by molar-refractivity contribution is 5.98. The van der Waals surface area contributed by atoms with Crippen molar-refractivity contribution >= 4 is 39.8 Å². The summed E-state index contributed by atoms with van der Waals surface area (Å²) in [6, 6.07) is 7.70. The number of carbonyl (C=O) groups excluding carboxylic acids is 3. The largest absolute Gasteiger partial charge is 0.456 e. The molecular weight excluding hydrogens is 356 g/mol. The standard InChI is InChI=1S/C19H14O8/c1-9(20)24-15-8-14-16(17(23)12-6-4-5-7-13(12)27-14)19(26-11(3)22)18(15)25-10(2)21/h4-8H,1-3H3. The van der Waals surface area contributed by atoms with E-state index in [1.165, 1.54) is 6.07 Å². The number of hydrogen-bond donors (Lipinski definition) is 0. The third kappa shape index (κ3) is 3.50. The zero-order valence-electron chi connectivity index (χ0n) is 14.7. The number of ether oxygens (including phenoxy) is 3. The highest BCUT2D eigenvalue weighted by Gasteiger charge is 2.25. The molecule has 1 heterocycles. The van der Waals surface area contributed by atoms with Gasteiger partial charge in [0, 0.05) is 26.8 Å². The van der Waals surface area contributed by atoms with Gasteiger partial charge in [0.05, 0.1) is 5.39 Å². The second-order valence-corrected chi connectivity index (χ2v) is 5.61. The fraction of sp³-hybridized carbons (Fsp3) is 0.158. The summed E-state index contributed by atoms with van der Waals surface area (Å²) in [5, 5.41) is 0.128. The van der Waals surface area contributed by atoms with E-state index in [-0.39, 0.29) is 39.2 Å². The van der Waals surface area contributed by atoms with Gasteiger partial charge >= 0.3 is 17.9 Å². The van der Waals surface area contributed by atoms with Crippen molar-refractivity contribution in [2.75, 3.05) is 0 Å². The Morgan fingerprint density at radius 2 is 1.41 bits per heavy atom. The quantitative estimate of drug-likeness (QED) is 0.393. The molecule has 0 aliphatic carbocycles. The Labute approximate surface area is 152 Å². The molecule has 3 aromatic rings. The molecule has 0 atom stereocenters. The van der Waals surface area contributed by atoms with Gasteiger partial charge < -0.3 is 18.6 Å². The minimum Gasteiger partial charge on any atom is -0.456 e. The first-order valence-electron chi connectivity index (χ1n) is 7.85. The van der Waals surface area contributed by atoms with Crippen LogP contribution in [-0.2, 0) is 14.4 Å². The normalized spacial score (nSPS) is 10.6. The molecule has 0 radical (unpaired) electrons. The topological polar surface area (TPSA) is 109 Å². The zero-order valence-corrected chi connectivity index (χ0v) is 14.7. The molecule has 0 spiro atoms. The zero-order chi connectivity index (χ0) is 19.7. The summed E-state index contributed by atoms with van der Waals surface area (Å²) in [7, 11) is 0. The highest BCUT2D eigenvalue weighted by atomic mass is 16.6. The fourth-order valence-electron chi connectivity index (χ4n) is 2.60. The SMILES string of the molecule is CC(=O)Oc1cc2oc3ccccc3c(=O)c2c(OC(C)=O)c1OC(C)=O. The molecule has 0 saturated carbocycles. The van der Waals surface area contributed by atoms with E-state index in [0.717, 1.165) is 20.8 Å². The molecule has 0 unspecified atom stereocenters. The minimum atomic E-state index is -0.766. The van der Waals surface area contributed by atoms with Crippen LogP contribution in [0.2, 0.25) is 0 Å². The van der Waals surface area contributed by atoms with Gasteiger partial charge in [0.25, 0.3) is 0 Å². The van der Waals surface area contributed by atoms with Crippen LogP contribution >= 0.6 is 0 Å². The van der Waals surface area contributed by atoms with Crippen LogP contribution in [0, 0.1) is 0 Å². The minimum absolute atomic E-state index is 0.00195. The van der Waals surface area contributed by atoms with Gasteiger partial charge in [-0.15, -0.1) is 0 Å². The first-order chi connectivity index (χ1) is 12.8. The molecule has 8 heteroatoms. The van der Waals surface area contributed by atoms with Crippen molar-refractivity contribution in [1.29, 1.82) is 0 Å². The Morgan fingerprint density at radius 3 is 2.04 bits per heavy atom. The maximum Gasteiger partial charge on any atom is 0.308 e. The van der Waals surface area contributed by atoms with Gasteiger partial charge in [0.15, 0.2) is 11.5 Å². The van der Waals surface area contributed by atoms with Crippen molar-refractivity contribution in [1.82, 2.24) is 0 Å². The maximum atomic E-state index is 13.0. The molecule has 0 saturated heterocycles. The first kappa shape index (κ1) is 18.1. The summed E-state index contributed by atoms with van der Waals surface area (Å²) < 4.78 is 21.0. The third-order valence-electron chi connectivity index (χ3n) is 3.49. The molecule has 0 amide bonds. The van der Waals surface area contributed by atoms with Crippen LogP contribution in [0.25, 0.3) is 21.9 Å². The number of hydrogen-bond acceptors (Lipinski definition) is 8. The van der Waals surface area contributed by atoms with Crippen molar-refractivity contribution in [3.63, 3.8) is 0 Å². The summed E-state index contributed by atoms with van der Waals surface area (Å²) in [4.78, 5) is 47.5. The Hall–Kier alpha value is -3.68. The van der Waals surface area contributed by atoms with Crippen LogP contribution < -0.4 is 19.6 Å². The molecule has 138 valence electrons. The molecule has 0 fully saturated rings. The van der Waals surface area contributed by atoms with Gasteiger partial charge in [-0.1, -0.05) is 12.1 Å². The Balaban J connectivity index is 2.49. The fourth-order valence-corrected chi connectivity index (χ4v) is 2.60. The first-order valence-corrected chi connectivity index (χ1v) is 7.85. The predicted molar refractivity (Wildman–Crippen MR) is 93.9 cm³/mol. The van der Waals surface area contributed by atoms with Crippen LogP contribution in [0.4, 0.5) is 0 Å². The van der Waals surface area contributed by atoms with E-state index in [9.17, 15) is 19.2 Å². The lowest BCUT2D eigenvalue weighted by Crippen LogP contribution is -2.13. The van der Waals surface area contributed by atoms with E-state index < -0.39 is 23.3 Å². The molecule has 0 aliphatic heterocycles. The number of benzene rings is 2. The van der Waals surface area contributed by atoms with Gasteiger partial charge in [-0.05, 0) is 12.1 Å². The van der Waals surface area contributed by atoms with Crippen LogP contribution in [0.15, 0.2) is 39.5 Å². The second kappa shape index (κ2) is 6.91. The van der Waals surface area contributed by atoms with E-state index in [2.05, 4.69) is 0 Å². The maximum absolute atomic E-state index is 13.0. The predicted octanol–water partition coefficient (Wildman–Crippen LogP) is 2.72. The summed E-state index contributed by atoms with van der Waals surface area (Å²) >= 11 is 0. The van der Waals surface area contributed by atoms with E-state index in [1.54, 1.807) is 24.3 Å². The summed E-state index contributed by atoms with van der Waals surface area (Å²) in [5.41, 5.74) is -0.203. The van der Waals surface area contributed by atoms with Gasteiger partial charge in [-0.2, -0.15) is 0 Å². The Kier molecular flexibility index (Phi) is 4.64. The average molecular weight is 370 g/mol. The lowest BCUT2D eigenvalue weighted by molar-refractivity contribution is -0.135. The molecular formula is C19H14O8. The number of fused-ring (bicyclic) bond motifs is 2. The van der Waals surface area contributed by atoms with Crippen molar-refractivity contribution in [2.24, 2.45) is 0 Å². The van der Waals surface area contributed by atoms with Gasteiger partial charge in [-0.3, -0.25) is 19.2 Å². The van der Waals surface area contributed by atoms with Crippen LogP contribution in [-0.4, -0.2) is 17.9 Å². The van der Waals surface area contributed by atoms with Crippen LogP contribution in [0.3, 0.4) is 0 Å². The monoisotopic (exact) mass is 370 g/mol. The molecule has 3 rings (SSSR count). The second-order valence-electron chi connectivity index (χ2n) is 5.61. The average Bonchev–Trinajstić information content (AvgIpc) is 2.56. The van der Waals surface area contributed by atoms with Gasteiger partial charge in [0.2, 0.25) is 11.2 Å². The molecule has 27 heavy (non-hydrogen) atoms. The number of esters is 3. The molecule has 8 nitrogen and oxygen atoms in total. The number of carbonyl (C=O) groups is 3. The molecule has 2 aromatic carbocycles. The van der Waals surface area contributed by atoms with Crippen molar-refractivity contribution < 1.29 is 33.0 Å². The summed E-state index contributed by atoms with van der Waals surface area (Å²) in [6.45, 7) is 3.37. The van der Waals surface area contributed by atoms with E-state index in [0.29, 0.717) is 0 Å². The van der Waals surface area contributed by atoms with Crippen LogP contribution in [0.5, 0.6) is 17.2 Å². The van der Waals surface area contributed by atoms with E-state index >= 15 is 0 Å². The van der Waals surface area contributed by atoms with E-state index in [4.69, 9.17) is 18.6 Å². The van der Waals surface area contributed by atoms with Crippen molar-refractivity contribution in [3.05, 3.63) is 40.6 Å². The lowest BCUT2D eigenvalue weighted by Gasteiger charge is -2.15. The summed E-state index contributed by atoms with van der Waals surface area (Å²) in [6.07, 6.45) is 0. The van der Waals surface area contributed by atoms with Gasteiger partial charge in [-0.25, -0.2) is 0 Å². The number of rotatable bonds is 3. The van der Waals surface area contributed by atoms with Gasteiger partial charge in [0.1, 0.15) is 16.6 Å². The lowest BCUT2D eigenvalue weighted by atomic mass is 10.1. The van der Waals surface area contributed by atoms with Crippen molar-refractivity contribution in [2.45, 2.75) is 20.8 Å². The van der Waals surface area contributed by atoms with Crippen LogP contribution in [0.1, 0.15) is 20.8 Å². The smallest absolute Gasteiger partial charge is 0.308 e. The third-order valence-corrected chi connectivity index (χ3v) is 3.49. The number of para-hydroxylation sites is 1. The molecule has 0 N–H and O–H groups in total. The van der Waals surface area contributed by atoms with E-state index in [1.807, 2.05) is 0 Å². The molecule has 0 aliphatic rings. The Bertz CT molecular complexity index is 1160.